The van der Waals surface area contributed by atoms with Crippen LogP contribution in [0.2, 0.25) is 10.0 Å². The van der Waals surface area contributed by atoms with E-state index in [1.54, 1.807) is 37.4 Å². The summed E-state index contributed by atoms with van der Waals surface area (Å²) in [5, 5.41) is 5.21. The van der Waals surface area contributed by atoms with Crippen LogP contribution in [0.3, 0.4) is 0 Å². The molecule has 0 saturated heterocycles. The van der Waals surface area contributed by atoms with Gasteiger partial charge in [-0.2, -0.15) is 5.10 Å². The molecule has 1 amide bonds. The van der Waals surface area contributed by atoms with Gasteiger partial charge in [0.05, 0.1) is 31.0 Å². The van der Waals surface area contributed by atoms with Gasteiger partial charge < -0.3 is 13.9 Å². The second-order valence-electron chi connectivity index (χ2n) is 5.22. The van der Waals surface area contributed by atoms with Crippen LogP contribution in [0.25, 0.3) is 11.0 Å². The number of methoxy groups -OCH3 is 2. The highest BCUT2D eigenvalue weighted by Crippen LogP contribution is 2.31. The van der Waals surface area contributed by atoms with Crippen molar-refractivity contribution in [3.63, 3.8) is 0 Å². The number of nitrogens with one attached hydrogen (secondary N) is 1. The Hall–Kier alpha value is -2.70. The van der Waals surface area contributed by atoms with E-state index in [4.69, 9.17) is 37.1 Å². The number of halogens is 2. The molecule has 0 aliphatic heterocycles. The zero-order chi connectivity index (χ0) is 18.7. The highest BCUT2D eigenvalue weighted by Gasteiger charge is 2.16. The quantitative estimate of drug-likeness (QED) is 0.511. The minimum Gasteiger partial charge on any atom is -0.497 e. The average Bonchev–Trinajstić information content (AvgIpc) is 3.06. The van der Waals surface area contributed by atoms with Gasteiger partial charge in [0.25, 0.3) is 5.91 Å². The Balaban J connectivity index is 1.80. The van der Waals surface area contributed by atoms with E-state index in [0.717, 1.165) is 0 Å². The van der Waals surface area contributed by atoms with Gasteiger partial charge in [-0.15, -0.1) is 0 Å². The molecule has 6 nitrogen and oxygen atoms in total. The summed E-state index contributed by atoms with van der Waals surface area (Å²) in [6, 6.07) is 8.40. The van der Waals surface area contributed by atoms with Gasteiger partial charge in [0, 0.05) is 22.0 Å². The molecule has 8 heteroatoms. The van der Waals surface area contributed by atoms with E-state index in [2.05, 4.69) is 10.5 Å². The topological polar surface area (TPSA) is 73.1 Å². The molecule has 0 fully saturated rings. The van der Waals surface area contributed by atoms with Gasteiger partial charge >= 0.3 is 0 Å². The van der Waals surface area contributed by atoms with Crippen molar-refractivity contribution in [2.45, 2.75) is 0 Å². The SMILES string of the molecule is COc1ccc(/C=N/NC(=O)c2coc3c(Cl)cc(Cl)cc23)c(OC)c1. The lowest BCUT2D eigenvalue weighted by Gasteiger charge is -2.06. The third kappa shape index (κ3) is 3.61. The van der Waals surface area contributed by atoms with E-state index < -0.39 is 5.91 Å². The van der Waals surface area contributed by atoms with Crippen LogP contribution >= 0.6 is 23.2 Å². The number of hydrogen-bond acceptors (Lipinski definition) is 5. The van der Waals surface area contributed by atoms with Gasteiger partial charge in [-0.1, -0.05) is 23.2 Å². The second kappa shape index (κ2) is 7.68. The molecule has 0 unspecified atom stereocenters. The summed E-state index contributed by atoms with van der Waals surface area (Å²) in [5.74, 6) is 0.766. The Morgan fingerprint density at radius 1 is 1.19 bits per heavy atom. The number of carbonyl (C=O) groups is 1. The molecular weight excluding hydrogens is 379 g/mol. The van der Waals surface area contributed by atoms with Crippen molar-refractivity contribution in [1.29, 1.82) is 0 Å². The fraction of sp³-hybridized carbons (Fsp3) is 0.111. The Morgan fingerprint density at radius 3 is 2.73 bits per heavy atom. The number of fused-ring (bicyclic) bond motifs is 1. The van der Waals surface area contributed by atoms with Gasteiger partial charge in [0.2, 0.25) is 0 Å². The van der Waals surface area contributed by atoms with Crippen LogP contribution in [0.5, 0.6) is 11.5 Å². The zero-order valence-electron chi connectivity index (χ0n) is 13.9. The third-order valence-corrected chi connectivity index (χ3v) is 4.15. The average molecular weight is 393 g/mol. The molecule has 3 rings (SSSR count). The molecule has 3 aromatic rings. The number of rotatable bonds is 5. The maximum atomic E-state index is 12.4. The minimum atomic E-state index is -0.453. The Bertz CT molecular complexity index is 998. The highest BCUT2D eigenvalue weighted by molar-refractivity contribution is 6.38. The summed E-state index contributed by atoms with van der Waals surface area (Å²) in [7, 11) is 3.10. The van der Waals surface area contributed by atoms with Gasteiger partial charge in [-0.05, 0) is 24.3 Å². The predicted octanol–water partition coefficient (Wildman–Crippen LogP) is 4.52. The van der Waals surface area contributed by atoms with Crippen molar-refractivity contribution in [2.75, 3.05) is 14.2 Å². The Morgan fingerprint density at radius 2 is 2.00 bits per heavy atom. The largest absolute Gasteiger partial charge is 0.497 e. The number of amides is 1. The lowest BCUT2D eigenvalue weighted by atomic mass is 10.1. The van der Waals surface area contributed by atoms with Crippen LogP contribution in [0.1, 0.15) is 15.9 Å². The third-order valence-electron chi connectivity index (χ3n) is 3.65. The second-order valence-corrected chi connectivity index (χ2v) is 6.06. The van der Waals surface area contributed by atoms with Crippen molar-refractivity contribution >= 4 is 46.3 Å². The van der Waals surface area contributed by atoms with Gasteiger partial charge in [-0.3, -0.25) is 4.79 Å². The summed E-state index contributed by atoms with van der Waals surface area (Å²) in [5.41, 5.74) is 3.79. The maximum Gasteiger partial charge on any atom is 0.275 e. The van der Waals surface area contributed by atoms with Crippen molar-refractivity contribution < 1.29 is 18.7 Å². The number of ether oxygens (including phenoxy) is 2. The first-order valence-electron chi connectivity index (χ1n) is 7.45. The number of carbonyl (C=O) groups excluding carboxylic acids is 1. The Labute approximate surface area is 159 Å². The normalized spacial score (nSPS) is 11.1. The van der Waals surface area contributed by atoms with E-state index in [9.17, 15) is 4.79 Å². The lowest BCUT2D eigenvalue weighted by molar-refractivity contribution is 0.0956. The molecule has 0 saturated carbocycles. The summed E-state index contributed by atoms with van der Waals surface area (Å²) < 4.78 is 15.8. The first-order valence-corrected chi connectivity index (χ1v) is 8.20. The number of hydrogen-bond donors (Lipinski definition) is 1. The molecule has 1 aromatic heterocycles. The molecule has 26 heavy (non-hydrogen) atoms. The smallest absolute Gasteiger partial charge is 0.275 e. The maximum absolute atomic E-state index is 12.4. The summed E-state index contributed by atoms with van der Waals surface area (Å²) in [4.78, 5) is 12.4. The van der Waals surface area contributed by atoms with Crippen molar-refractivity contribution in [3.05, 3.63) is 57.8 Å². The van der Waals surface area contributed by atoms with E-state index in [1.165, 1.54) is 19.6 Å². The van der Waals surface area contributed by atoms with Gasteiger partial charge in [-0.25, -0.2) is 5.43 Å². The first-order chi connectivity index (χ1) is 12.5. The van der Waals surface area contributed by atoms with Crippen LogP contribution in [-0.2, 0) is 0 Å². The zero-order valence-corrected chi connectivity index (χ0v) is 15.4. The molecule has 0 spiro atoms. The number of benzene rings is 2. The summed E-state index contributed by atoms with van der Waals surface area (Å²) in [6.45, 7) is 0. The Kier molecular flexibility index (Phi) is 5.35. The summed E-state index contributed by atoms with van der Waals surface area (Å²) in [6.07, 6.45) is 2.78. The number of hydrazone groups is 1. The van der Waals surface area contributed by atoms with E-state index >= 15 is 0 Å². The molecule has 0 aliphatic carbocycles. The summed E-state index contributed by atoms with van der Waals surface area (Å²) >= 11 is 12.0. The first kappa shape index (κ1) is 18.1. The minimum absolute atomic E-state index is 0.281. The van der Waals surface area contributed by atoms with Crippen molar-refractivity contribution in [2.24, 2.45) is 5.10 Å². The molecule has 0 aliphatic rings. The standard InChI is InChI=1S/C18H14Cl2N2O4/c1-24-12-4-3-10(16(7-12)25-2)8-21-22-18(23)14-9-26-17-13(14)5-11(19)6-15(17)20/h3-9H,1-2H3,(H,22,23)/b21-8+. The van der Waals surface area contributed by atoms with Gasteiger partial charge in [0.15, 0.2) is 5.58 Å². The fourth-order valence-corrected chi connectivity index (χ4v) is 2.92. The van der Waals surface area contributed by atoms with Crippen molar-refractivity contribution in [3.8, 4) is 11.5 Å². The molecule has 0 bridgehead atoms. The van der Waals surface area contributed by atoms with Crippen LogP contribution < -0.4 is 14.9 Å². The molecule has 0 radical (unpaired) electrons. The molecule has 1 N–H and O–H groups in total. The molecular formula is C18H14Cl2N2O4. The molecule has 0 atom stereocenters. The van der Waals surface area contributed by atoms with Gasteiger partial charge in [0.1, 0.15) is 17.8 Å². The predicted molar refractivity (Wildman–Crippen MR) is 101 cm³/mol. The van der Waals surface area contributed by atoms with E-state index in [-0.39, 0.29) is 5.56 Å². The van der Waals surface area contributed by atoms with Crippen LogP contribution in [0, 0.1) is 0 Å². The van der Waals surface area contributed by atoms with Crippen molar-refractivity contribution in [1.82, 2.24) is 5.43 Å². The number of nitrogens with zero attached hydrogens (tertiary/aromatic N) is 1. The van der Waals surface area contributed by atoms with E-state index in [0.29, 0.717) is 38.1 Å². The monoisotopic (exact) mass is 392 g/mol. The highest BCUT2D eigenvalue weighted by atomic mass is 35.5. The van der Waals surface area contributed by atoms with Crippen LogP contribution in [-0.4, -0.2) is 26.3 Å². The molecule has 134 valence electrons. The van der Waals surface area contributed by atoms with Crippen LogP contribution in [0.4, 0.5) is 0 Å². The lowest BCUT2D eigenvalue weighted by Crippen LogP contribution is -2.17. The molecule has 1 heterocycles. The van der Waals surface area contributed by atoms with E-state index in [1.807, 2.05) is 0 Å². The molecule has 2 aromatic carbocycles. The fourth-order valence-electron chi connectivity index (χ4n) is 2.38. The van der Waals surface area contributed by atoms with Crippen LogP contribution in [0.15, 0.2) is 46.1 Å². The number of furan rings is 1.